The number of aryl methyl sites for hydroxylation is 1. The molecule has 1 aliphatic rings. The van der Waals surface area contributed by atoms with Gasteiger partial charge in [-0.2, -0.15) is 0 Å². The number of hydrogen-bond acceptors (Lipinski definition) is 6. The maximum atomic E-state index is 12.1. The van der Waals surface area contributed by atoms with Crippen molar-refractivity contribution in [1.29, 1.82) is 0 Å². The summed E-state index contributed by atoms with van der Waals surface area (Å²) in [6.45, 7) is 1.55. The summed E-state index contributed by atoms with van der Waals surface area (Å²) >= 11 is 1.33. The lowest BCUT2D eigenvalue weighted by molar-refractivity contribution is -0.123. The smallest absolute Gasteiger partial charge is 0.358 e. The van der Waals surface area contributed by atoms with E-state index in [1.54, 1.807) is 5.38 Å². The molecular formula is C20H23N3O4S. The third-order valence-corrected chi connectivity index (χ3v) is 5.49. The summed E-state index contributed by atoms with van der Waals surface area (Å²) in [5.41, 5.74) is 2.29. The molecule has 1 aliphatic carbocycles. The van der Waals surface area contributed by atoms with Crippen molar-refractivity contribution in [2.24, 2.45) is 0 Å². The number of imide groups is 1. The fourth-order valence-corrected chi connectivity index (χ4v) is 3.84. The molecule has 1 saturated carbocycles. The second-order valence-electron chi connectivity index (χ2n) is 6.67. The molecule has 0 bridgehead atoms. The van der Waals surface area contributed by atoms with Gasteiger partial charge < -0.3 is 10.1 Å². The molecule has 3 rings (SSSR count). The molecule has 148 valence electrons. The van der Waals surface area contributed by atoms with E-state index in [0.29, 0.717) is 5.01 Å². The second kappa shape index (κ2) is 9.45. The Bertz CT molecular complexity index is 841. The predicted molar refractivity (Wildman–Crippen MR) is 106 cm³/mol. The largest absolute Gasteiger partial charge is 0.451 e. The molecule has 1 aromatic heterocycles. The summed E-state index contributed by atoms with van der Waals surface area (Å²) in [7, 11) is 0. The van der Waals surface area contributed by atoms with Gasteiger partial charge in [0, 0.05) is 17.0 Å². The number of aromatic nitrogens is 1. The molecule has 8 heteroatoms. The standard InChI is InChI=1S/C20H23N3O4S/c1-2-13-7-9-14(10-8-13)18-22-16(12-28-18)19(25)27-11-17(24)23-20(26)21-15-5-3-4-6-15/h7-10,12,15H,2-6,11H2,1H3,(H2,21,23,24,26). The lowest BCUT2D eigenvalue weighted by Gasteiger charge is -2.12. The number of urea groups is 1. The summed E-state index contributed by atoms with van der Waals surface area (Å²) < 4.78 is 4.96. The SMILES string of the molecule is CCc1ccc(-c2nc(C(=O)OCC(=O)NC(=O)NC3CCCC3)cs2)cc1. The molecular weight excluding hydrogens is 378 g/mol. The molecule has 0 saturated heterocycles. The van der Waals surface area contributed by atoms with E-state index in [1.807, 2.05) is 24.3 Å². The molecule has 3 amide bonds. The van der Waals surface area contributed by atoms with Gasteiger partial charge in [-0.1, -0.05) is 44.0 Å². The summed E-state index contributed by atoms with van der Waals surface area (Å²) in [4.78, 5) is 39.9. The lowest BCUT2D eigenvalue weighted by Crippen LogP contribution is -2.45. The van der Waals surface area contributed by atoms with Crippen LogP contribution in [0.4, 0.5) is 4.79 Å². The number of esters is 1. The number of carbonyl (C=O) groups is 3. The number of ether oxygens (including phenoxy) is 1. The number of hydrogen-bond donors (Lipinski definition) is 2. The van der Waals surface area contributed by atoms with Gasteiger partial charge in [0.25, 0.3) is 5.91 Å². The Balaban J connectivity index is 1.47. The minimum atomic E-state index is -0.695. The van der Waals surface area contributed by atoms with Crippen molar-refractivity contribution < 1.29 is 19.1 Å². The minimum Gasteiger partial charge on any atom is -0.451 e. The van der Waals surface area contributed by atoms with Crippen LogP contribution in [0.3, 0.4) is 0 Å². The van der Waals surface area contributed by atoms with E-state index in [0.717, 1.165) is 37.7 Å². The number of rotatable bonds is 6. The lowest BCUT2D eigenvalue weighted by atomic mass is 10.1. The van der Waals surface area contributed by atoms with Gasteiger partial charge in [-0.25, -0.2) is 14.6 Å². The first-order valence-electron chi connectivity index (χ1n) is 9.37. The molecule has 0 spiro atoms. The van der Waals surface area contributed by atoms with E-state index < -0.39 is 24.5 Å². The molecule has 0 unspecified atom stereocenters. The van der Waals surface area contributed by atoms with Crippen LogP contribution in [0, 0.1) is 0 Å². The van der Waals surface area contributed by atoms with Crippen molar-refractivity contribution in [3.63, 3.8) is 0 Å². The zero-order valence-electron chi connectivity index (χ0n) is 15.7. The van der Waals surface area contributed by atoms with Gasteiger partial charge in [-0.3, -0.25) is 10.1 Å². The van der Waals surface area contributed by atoms with E-state index in [4.69, 9.17) is 4.74 Å². The topological polar surface area (TPSA) is 97.4 Å². The highest BCUT2D eigenvalue weighted by Crippen LogP contribution is 2.24. The fraction of sp³-hybridized carbons (Fsp3) is 0.400. The van der Waals surface area contributed by atoms with E-state index in [1.165, 1.54) is 16.9 Å². The van der Waals surface area contributed by atoms with E-state index in [-0.39, 0.29) is 11.7 Å². The molecule has 1 aromatic carbocycles. The van der Waals surface area contributed by atoms with Crippen LogP contribution < -0.4 is 10.6 Å². The molecule has 0 radical (unpaired) electrons. The van der Waals surface area contributed by atoms with Gasteiger partial charge in [-0.15, -0.1) is 11.3 Å². The van der Waals surface area contributed by atoms with Crippen LogP contribution in [0.5, 0.6) is 0 Å². The number of amides is 3. The highest BCUT2D eigenvalue weighted by molar-refractivity contribution is 7.13. The van der Waals surface area contributed by atoms with Crippen LogP contribution in [0.15, 0.2) is 29.6 Å². The summed E-state index contributed by atoms with van der Waals surface area (Å²) in [6.07, 6.45) is 4.95. The maximum absolute atomic E-state index is 12.1. The highest BCUT2D eigenvalue weighted by Gasteiger charge is 2.19. The van der Waals surface area contributed by atoms with E-state index in [9.17, 15) is 14.4 Å². The second-order valence-corrected chi connectivity index (χ2v) is 7.53. The maximum Gasteiger partial charge on any atom is 0.358 e. The third-order valence-electron chi connectivity index (χ3n) is 4.60. The normalized spacial score (nSPS) is 13.9. The molecule has 0 atom stereocenters. The van der Waals surface area contributed by atoms with Gasteiger partial charge in [0.2, 0.25) is 0 Å². The van der Waals surface area contributed by atoms with Crippen LogP contribution >= 0.6 is 11.3 Å². The summed E-state index contributed by atoms with van der Waals surface area (Å²) in [5, 5.41) is 7.21. The van der Waals surface area contributed by atoms with Crippen LogP contribution in [0.25, 0.3) is 10.6 Å². The summed E-state index contributed by atoms with van der Waals surface area (Å²) in [5.74, 6) is -1.37. The minimum absolute atomic E-state index is 0.107. The Morgan fingerprint density at radius 3 is 2.57 bits per heavy atom. The first-order chi connectivity index (χ1) is 13.5. The predicted octanol–water partition coefficient (Wildman–Crippen LogP) is 3.30. The molecule has 7 nitrogen and oxygen atoms in total. The first-order valence-corrected chi connectivity index (χ1v) is 10.3. The van der Waals surface area contributed by atoms with Gasteiger partial charge in [0.1, 0.15) is 5.01 Å². The van der Waals surface area contributed by atoms with Crippen LogP contribution in [0.1, 0.15) is 48.7 Å². The van der Waals surface area contributed by atoms with E-state index >= 15 is 0 Å². The molecule has 1 fully saturated rings. The molecule has 28 heavy (non-hydrogen) atoms. The fourth-order valence-electron chi connectivity index (χ4n) is 3.04. The number of nitrogens with zero attached hydrogens (tertiary/aromatic N) is 1. The van der Waals surface area contributed by atoms with Crippen molar-refractivity contribution in [3.05, 3.63) is 40.9 Å². The molecule has 1 heterocycles. The monoisotopic (exact) mass is 401 g/mol. The molecule has 0 aliphatic heterocycles. The van der Waals surface area contributed by atoms with Gasteiger partial charge in [0.15, 0.2) is 12.3 Å². The van der Waals surface area contributed by atoms with Crippen molar-refractivity contribution in [1.82, 2.24) is 15.6 Å². The zero-order valence-corrected chi connectivity index (χ0v) is 16.5. The number of nitrogens with one attached hydrogen (secondary N) is 2. The van der Waals surface area contributed by atoms with Crippen molar-refractivity contribution in [2.75, 3.05) is 6.61 Å². The Kier molecular flexibility index (Phi) is 6.76. The average Bonchev–Trinajstić information content (AvgIpc) is 3.38. The number of carbonyl (C=O) groups excluding carboxylic acids is 3. The number of thiazole rings is 1. The number of benzene rings is 1. The highest BCUT2D eigenvalue weighted by atomic mass is 32.1. The van der Waals surface area contributed by atoms with Gasteiger partial charge in [-0.05, 0) is 24.8 Å². The van der Waals surface area contributed by atoms with Crippen molar-refractivity contribution in [3.8, 4) is 10.6 Å². The van der Waals surface area contributed by atoms with Crippen LogP contribution in [-0.2, 0) is 16.0 Å². The molecule has 2 aromatic rings. The third kappa shape index (κ3) is 5.39. The Hall–Kier alpha value is -2.74. The van der Waals surface area contributed by atoms with Gasteiger partial charge >= 0.3 is 12.0 Å². The van der Waals surface area contributed by atoms with Crippen LogP contribution in [0.2, 0.25) is 0 Å². The molecule has 2 N–H and O–H groups in total. The Morgan fingerprint density at radius 2 is 1.89 bits per heavy atom. The first kappa shape index (κ1) is 20.0. The van der Waals surface area contributed by atoms with E-state index in [2.05, 4.69) is 22.5 Å². The Labute approximate surface area is 167 Å². The van der Waals surface area contributed by atoms with Crippen molar-refractivity contribution in [2.45, 2.75) is 45.1 Å². The summed E-state index contributed by atoms with van der Waals surface area (Å²) in [6, 6.07) is 7.52. The Morgan fingerprint density at radius 1 is 1.18 bits per heavy atom. The van der Waals surface area contributed by atoms with Gasteiger partial charge in [0.05, 0.1) is 0 Å². The van der Waals surface area contributed by atoms with Crippen LogP contribution in [-0.4, -0.2) is 35.5 Å². The quantitative estimate of drug-likeness (QED) is 0.724. The zero-order chi connectivity index (χ0) is 19.9. The van der Waals surface area contributed by atoms with Crippen molar-refractivity contribution >= 4 is 29.2 Å². The average molecular weight is 401 g/mol.